The molecule has 1 aliphatic rings. The second-order valence-corrected chi connectivity index (χ2v) is 8.37. The van der Waals surface area contributed by atoms with Crippen LogP contribution in [0.2, 0.25) is 0 Å². The van der Waals surface area contributed by atoms with Crippen molar-refractivity contribution in [3.05, 3.63) is 29.2 Å². The summed E-state index contributed by atoms with van der Waals surface area (Å²) in [6.07, 6.45) is 1.42. The molecule has 25 heavy (non-hydrogen) atoms. The summed E-state index contributed by atoms with van der Waals surface area (Å²) in [6.45, 7) is 9.52. The van der Waals surface area contributed by atoms with Gasteiger partial charge in [0.05, 0.1) is 31.1 Å². The highest BCUT2D eigenvalue weighted by Gasteiger charge is 2.32. The third-order valence-electron chi connectivity index (χ3n) is 4.38. The molecule has 0 saturated carbocycles. The van der Waals surface area contributed by atoms with Crippen molar-refractivity contribution in [3.63, 3.8) is 0 Å². The summed E-state index contributed by atoms with van der Waals surface area (Å²) in [5.74, 6) is 0.996. The molecule has 1 fully saturated rings. The summed E-state index contributed by atoms with van der Waals surface area (Å²) in [5.41, 5.74) is 1.89. The quantitative estimate of drug-likeness (QED) is 0.797. The zero-order chi connectivity index (χ0) is 18.2. The Balaban J connectivity index is 1.94. The van der Waals surface area contributed by atoms with Crippen LogP contribution in [0, 0.1) is 13.8 Å². The molecule has 2 aromatic heterocycles. The molecule has 0 aliphatic carbocycles. The maximum atomic E-state index is 13.0. The normalized spacial score (nSPS) is 16.7. The van der Waals surface area contributed by atoms with E-state index in [1.165, 1.54) is 10.7 Å². The highest BCUT2D eigenvalue weighted by atomic mass is 32.2. The summed E-state index contributed by atoms with van der Waals surface area (Å²) >= 11 is 0. The number of hydrogen-bond acceptors (Lipinski definition) is 6. The summed E-state index contributed by atoms with van der Waals surface area (Å²) < 4.78 is 39.9. The number of morpholine rings is 1. The van der Waals surface area contributed by atoms with Crippen molar-refractivity contribution in [2.24, 2.45) is 0 Å². The number of oxazole rings is 1. The number of hydrogen-bond donors (Lipinski definition) is 0. The van der Waals surface area contributed by atoms with Crippen molar-refractivity contribution in [2.45, 2.75) is 45.1 Å². The number of nitrogens with zero attached hydrogens (tertiary/aromatic N) is 4. The van der Waals surface area contributed by atoms with E-state index in [4.69, 9.17) is 9.15 Å². The molecule has 138 valence electrons. The van der Waals surface area contributed by atoms with Crippen LogP contribution in [0.5, 0.6) is 0 Å². The first kappa shape index (κ1) is 18.1. The lowest BCUT2D eigenvalue weighted by molar-refractivity contribution is 0.0730. The second-order valence-electron chi connectivity index (χ2n) is 6.49. The van der Waals surface area contributed by atoms with Crippen LogP contribution in [0.25, 0.3) is 0 Å². The van der Waals surface area contributed by atoms with Gasteiger partial charge in [-0.2, -0.15) is 9.40 Å². The molecule has 1 aliphatic heterocycles. The number of rotatable bonds is 5. The van der Waals surface area contributed by atoms with Gasteiger partial charge in [0.2, 0.25) is 10.0 Å². The predicted molar refractivity (Wildman–Crippen MR) is 91.0 cm³/mol. The Bertz CT molecular complexity index is 848. The van der Waals surface area contributed by atoms with Crippen LogP contribution in [0.15, 0.2) is 15.7 Å². The molecule has 0 atom stereocenters. The van der Waals surface area contributed by atoms with Crippen LogP contribution in [-0.4, -0.2) is 53.8 Å². The molecule has 0 bridgehead atoms. The van der Waals surface area contributed by atoms with Gasteiger partial charge in [0.15, 0.2) is 6.39 Å². The van der Waals surface area contributed by atoms with E-state index in [1.807, 2.05) is 13.8 Å². The van der Waals surface area contributed by atoms with Gasteiger partial charge < -0.3 is 9.15 Å². The molecule has 8 nitrogen and oxygen atoms in total. The number of aryl methyl sites for hydroxylation is 1. The topological polar surface area (TPSA) is 90.5 Å². The maximum absolute atomic E-state index is 13.0. The number of sulfonamides is 1. The SMILES string of the molecule is Cc1nn(Cc2ncoc2C(C)C)c(C)c1S(=O)(=O)N1CCOCC1. The van der Waals surface area contributed by atoms with Crippen LogP contribution >= 0.6 is 0 Å². The minimum Gasteiger partial charge on any atom is -0.448 e. The molecule has 0 radical (unpaired) electrons. The molecule has 0 N–H and O–H groups in total. The Labute approximate surface area is 147 Å². The first-order valence-electron chi connectivity index (χ1n) is 8.36. The van der Waals surface area contributed by atoms with Crippen LogP contribution in [0.3, 0.4) is 0 Å². The molecule has 0 spiro atoms. The highest BCUT2D eigenvalue weighted by Crippen LogP contribution is 2.26. The van der Waals surface area contributed by atoms with Crippen molar-refractivity contribution >= 4 is 10.0 Å². The molecule has 9 heteroatoms. The monoisotopic (exact) mass is 368 g/mol. The first-order valence-corrected chi connectivity index (χ1v) is 9.80. The number of aromatic nitrogens is 3. The maximum Gasteiger partial charge on any atom is 0.246 e. The average Bonchev–Trinajstić information content (AvgIpc) is 3.13. The molecule has 0 aromatic carbocycles. The van der Waals surface area contributed by atoms with Gasteiger partial charge in [0, 0.05) is 19.0 Å². The fourth-order valence-corrected chi connectivity index (χ4v) is 4.91. The van der Waals surface area contributed by atoms with Crippen molar-refractivity contribution in [3.8, 4) is 0 Å². The summed E-state index contributed by atoms with van der Waals surface area (Å²) in [4.78, 5) is 4.54. The third-order valence-corrected chi connectivity index (χ3v) is 6.53. The van der Waals surface area contributed by atoms with Gasteiger partial charge >= 0.3 is 0 Å². The molecule has 1 saturated heterocycles. The van der Waals surface area contributed by atoms with Crippen molar-refractivity contribution in [2.75, 3.05) is 26.3 Å². The highest BCUT2D eigenvalue weighted by molar-refractivity contribution is 7.89. The first-order chi connectivity index (χ1) is 11.8. The molecule has 2 aromatic rings. The van der Waals surface area contributed by atoms with Crippen LogP contribution in [-0.2, 0) is 21.3 Å². The minimum atomic E-state index is -3.58. The second kappa shape index (κ2) is 6.89. The van der Waals surface area contributed by atoms with Gasteiger partial charge in [0.25, 0.3) is 0 Å². The Hall–Kier alpha value is -1.71. The van der Waals surface area contributed by atoms with Gasteiger partial charge in [0.1, 0.15) is 16.3 Å². The molecule has 3 heterocycles. The van der Waals surface area contributed by atoms with E-state index in [9.17, 15) is 8.42 Å². The lowest BCUT2D eigenvalue weighted by Crippen LogP contribution is -2.41. The van der Waals surface area contributed by atoms with Gasteiger partial charge in [-0.1, -0.05) is 13.8 Å². The standard InChI is InChI=1S/C16H24N4O4S/c1-11(2)15-14(17-10-24-15)9-20-13(4)16(12(3)18-20)25(21,22)19-5-7-23-8-6-19/h10-11H,5-9H2,1-4H3. The van der Waals surface area contributed by atoms with Gasteiger partial charge in [-0.25, -0.2) is 13.4 Å². The van der Waals surface area contributed by atoms with E-state index < -0.39 is 10.0 Å². The average molecular weight is 368 g/mol. The Morgan fingerprint density at radius 3 is 2.56 bits per heavy atom. The fraction of sp³-hybridized carbons (Fsp3) is 0.625. The summed E-state index contributed by atoms with van der Waals surface area (Å²) in [5, 5.41) is 4.44. The molecular formula is C16H24N4O4S. The molecule has 3 rings (SSSR count). The largest absolute Gasteiger partial charge is 0.448 e. The van der Waals surface area contributed by atoms with Crippen LogP contribution in [0.4, 0.5) is 0 Å². The molecule has 0 amide bonds. The summed E-state index contributed by atoms with van der Waals surface area (Å²) in [7, 11) is -3.58. The van der Waals surface area contributed by atoms with Crippen molar-refractivity contribution in [1.29, 1.82) is 0 Å². The molecular weight excluding hydrogens is 344 g/mol. The molecule has 0 unspecified atom stereocenters. The van der Waals surface area contributed by atoms with E-state index in [2.05, 4.69) is 10.1 Å². The zero-order valence-corrected chi connectivity index (χ0v) is 15.8. The number of ether oxygens (including phenoxy) is 1. The van der Waals surface area contributed by atoms with Gasteiger partial charge in [-0.3, -0.25) is 4.68 Å². The van der Waals surface area contributed by atoms with E-state index in [0.717, 1.165) is 11.5 Å². The third kappa shape index (κ3) is 3.36. The van der Waals surface area contributed by atoms with Crippen molar-refractivity contribution in [1.82, 2.24) is 19.1 Å². The van der Waals surface area contributed by atoms with E-state index >= 15 is 0 Å². The summed E-state index contributed by atoms with van der Waals surface area (Å²) in [6, 6.07) is 0. The zero-order valence-electron chi connectivity index (χ0n) is 15.0. The fourth-order valence-electron chi connectivity index (χ4n) is 3.13. The predicted octanol–water partition coefficient (Wildman–Crippen LogP) is 1.68. The Morgan fingerprint density at radius 2 is 1.92 bits per heavy atom. The van der Waals surface area contributed by atoms with E-state index in [0.29, 0.717) is 44.2 Å². The van der Waals surface area contributed by atoms with Crippen molar-refractivity contribution < 1.29 is 17.6 Å². The van der Waals surface area contributed by atoms with E-state index in [1.54, 1.807) is 18.5 Å². The lowest BCUT2D eigenvalue weighted by Gasteiger charge is -2.26. The minimum absolute atomic E-state index is 0.200. The van der Waals surface area contributed by atoms with Gasteiger partial charge in [-0.15, -0.1) is 0 Å². The Kier molecular flexibility index (Phi) is 4.99. The van der Waals surface area contributed by atoms with Crippen LogP contribution in [0.1, 0.15) is 42.6 Å². The lowest BCUT2D eigenvalue weighted by atomic mass is 10.1. The van der Waals surface area contributed by atoms with Crippen LogP contribution < -0.4 is 0 Å². The van der Waals surface area contributed by atoms with E-state index in [-0.39, 0.29) is 10.8 Å². The smallest absolute Gasteiger partial charge is 0.246 e. The van der Waals surface area contributed by atoms with Gasteiger partial charge in [-0.05, 0) is 13.8 Å². The Morgan fingerprint density at radius 1 is 1.24 bits per heavy atom.